The first-order valence-corrected chi connectivity index (χ1v) is 11.3. The number of imide groups is 1. The molecule has 0 atom stereocenters. The number of nitrogens with zero attached hydrogens (tertiary/aromatic N) is 1. The largest absolute Gasteiger partial charge is 0.350 e. The van der Waals surface area contributed by atoms with E-state index < -0.39 is 11.8 Å². The van der Waals surface area contributed by atoms with E-state index in [2.05, 4.69) is 24.5 Å². The van der Waals surface area contributed by atoms with E-state index >= 15 is 0 Å². The molecular weight excluding hydrogens is 473 g/mol. The van der Waals surface area contributed by atoms with Crippen LogP contribution < -0.4 is 15.5 Å². The van der Waals surface area contributed by atoms with Crippen molar-refractivity contribution in [3.05, 3.63) is 99.7 Å². The fourth-order valence-corrected chi connectivity index (χ4v) is 3.86. The van der Waals surface area contributed by atoms with Crippen LogP contribution in [-0.4, -0.2) is 17.7 Å². The molecule has 0 unspecified atom stereocenters. The van der Waals surface area contributed by atoms with Crippen molar-refractivity contribution in [1.82, 2.24) is 0 Å². The number of benzene rings is 3. The van der Waals surface area contributed by atoms with Crippen LogP contribution in [0.2, 0.25) is 5.02 Å². The van der Waals surface area contributed by atoms with Gasteiger partial charge in [0.05, 0.1) is 5.69 Å². The maximum absolute atomic E-state index is 12.9. The maximum Gasteiger partial charge on any atom is 0.283 e. The molecule has 0 spiro atoms. The number of anilines is 3. The second kappa shape index (κ2) is 9.71. The van der Waals surface area contributed by atoms with Crippen LogP contribution >= 0.6 is 23.2 Å². The molecule has 1 aliphatic rings. The van der Waals surface area contributed by atoms with Crippen molar-refractivity contribution in [2.24, 2.45) is 0 Å². The number of hydrogen-bond donors (Lipinski definition) is 2. The van der Waals surface area contributed by atoms with E-state index in [1.165, 1.54) is 11.6 Å². The van der Waals surface area contributed by atoms with E-state index in [0.29, 0.717) is 33.6 Å². The van der Waals surface area contributed by atoms with Crippen LogP contribution in [-0.2, 0) is 9.59 Å². The van der Waals surface area contributed by atoms with Crippen LogP contribution in [0, 0.1) is 0 Å². The van der Waals surface area contributed by atoms with Gasteiger partial charge in [-0.1, -0.05) is 55.2 Å². The number of halogens is 2. The van der Waals surface area contributed by atoms with Crippen molar-refractivity contribution >= 4 is 58.0 Å². The van der Waals surface area contributed by atoms with E-state index in [1.807, 2.05) is 24.3 Å². The minimum absolute atomic E-state index is 0.0471. The third-order valence-electron chi connectivity index (χ3n) is 5.35. The van der Waals surface area contributed by atoms with Gasteiger partial charge in [-0.2, -0.15) is 0 Å². The Labute approximate surface area is 207 Å². The molecule has 8 heteroatoms. The van der Waals surface area contributed by atoms with Crippen LogP contribution in [0.15, 0.2) is 83.5 Å². The van der Waals surface area contributed by atoms with Gasteiger partial charge in [-0.15, -0.1) is 0 Å². The van der Waals surface area contributed by atoms with Crippen LogP contribution in [0.5, 0.6) is 0 Å². The Balaban J connectivity index is 1.45. The van der Waals surface area contributed by atoms with Crippen molar-refractivity contribution in [1.29, 1.82) is 0 Å². The lowest BCUT2D eigenvalue weighted by molar-refractivity contribution is -0.120. The van der Waals surface area contributed by atoms with E-state index in [0.717, 1.165) is 4.90 Å². The van der Waals surface area contributed by atoms with E-state index in [4.69, 9.17) is 23.2 Å². The highest BCUT2D eigenvalue weighted by Crippen LogP contribution is 2.31. The van der Waals surface area contributed by atoms with Gasteiger partial charge in [0.25, 0.3) is 17.7 Å². The molecule has 0 aliphatic carbocycles. The highest BCUT2D eigenvalue weighted by molar-refractivity contribution is 6.53. The Kier molecular flexibility index (Phi) is 6.72. The lowest BCUT2D eigenvalue weighted by Gasteiger charge is -2.15. The molecule has 1 heterocycles. The fraction of sp³-hybridized carbons (Fsp3) is 0.115. The molecule has 6 nitrogen and oxygen atoms in total. The second-order valence-corrected chi connectivity index (χ2v) is 8.86. The summed E-state index contributed by atoms with van der Waals surface area (Å²) in [6, 6.07) is 20.6. The SMILES string of the molecule is CC(C)c1ccc(NC(=O)c2ccc(NC3=C(Cl)C(=O)N(c4cccc(Cl)c4)C3=O)cc2)cc1. The molecule has 0 radical (unpaired) electrons. The minimum atomic E-state index is -0.643. The molecule has 0 saturated heterocycles. The lowest BCUT2D eigenvalue weighted by atomic mass is 10.0. The predicted molar refractivity (Wildman–Crippen MR) is 135 cm³/mol. The van der Waals surface area contributed by atoms with Gasteiger partial charge in [0.2, 0.25) is 0 Å². The molecule has 0 bridgehead atoms. The molecule has 3 aromatic carbocycles. The Morgan fingerprint density at radius 1 is 0.853 bits per heavy atom. The van der Waals surface area contributed by atoms with E-state index in [9.17, 15) is 14.4 Å². The zero-order chi connectivity index (χ0) is 24.4. The molecular formula is C26H21Cl2N3O3. The Bertz CT molecular complexity index is 1300. The van der Waals surface area contributed by atoms with Crippen LogP contribution in [0.4, 0.5) is 17.1 Å². The molecule has 4 rings (SSSR count). The molecule has 3 amide bonds. The summed E-state index contributed by atoms with van der Waals surface area (Å²) in [5, 5.41) is 5.91. The second-order valence-electron chi connectivity index (χ2n) is 8.05. The number of amides is 3. The monoisotopic (exact) mass is 493 g/mol. The topological polar surface area (TPSA) is 78.5 Å². The summed E-state index contributed by atoms with van der Waals surface area (Å²) < 4.78 is 0. The molecule has 0 aromatic heterocycles. The zero-order valence-corrected chi connectivity index (χ0v) is 19.9. The summed E-state index contributed by atoms with van der Waals surface area (Å²) in [6.45, 7) is 4.21. The maximum atomic E-state index is 12.9. The zero-order valence-electron chi connectivity index (χ0n) is 18.4. The van der Waals surface area contributed by atoms with Crippen molar-refractivity contribution in [3.8, 4) is 0 Å². The third kappa shape index (κ3) is 4.83. The summed E-state index contributed by atoms with van der Waals surface area (Å²) in [7, 11) is 0. The van der Waals surface area contributed by atoms with Crippen LogP contribution in [0.25, 0.3) is 0 Å². The molecule has 0 saturated carbocycles. The van der Waals surface area contributed by atoms with Gasteiger partial charge in [0.1, 0.15) is 10.7 Å². The first-order valence-electron chi connectivity index (χ1n) is 10.6. The summed E-state index contributed by atoms with van der Waals surface area (Å²) in [6.07, 6.45) is 0. The highest BCUT2D eigenvalue weighted by Gasteiger charge is 2.39. The Morgan fingerprint density at radius 3 is 2.12 bits per heavy atom. The van der Waals surface area contributed by atoms with Gasteiger partial charge in [0.15, 0.2) is 0 Å². The first kappa shape index (κ1) is 23.5. The number of rotatable bonds is 6. The quantitative estimate of drug-likeness (QED) is 0.403. The van der Waals surface area contributed by atoms with Gasteiger partial charge in [-0.3, -0.25) is 14.4 Å². The van der Waals surface area contributed by atoms with Crippen molar-refractivity contribution in [2.75, 3.05) is 15.5 Å². The lowest BCUT2D eigenvalue weighted by Crippen LogP contribution is -2.32. The first-order chi connectivity index (χ1) is 16.2. The smallest absolute Gasteiger partial charge is 0.283 e. The third-order valence-corrected chi connectivity index (χ3v) is 5.93. The summed E-state index contributed by atoms with van der Waals surface area (Å²) in [4.78, 5) is 39.0. The molecule has 1 aliphatic heterocycles. The normalized spacial score (nSPS) is 13.6. The van der Waals surface area contributed by atoms with Gasteiger partial charge < -0.3 is 10.6 Å². The average molecular weight is 494 g/mol. The van der Waals surface area contributed by atoms with Crippen molar-refractivity contribution in [2.45, 2.75) is 19.8 Å². The number of carbonyl (C=O) groups excluding carboxylic acids is 3. The Hall–Kier alpha value is -3.61. The van der Waals surface area contributed by atoms with E-state index in [1.54, 1.807) is 42.5 Å². The predicted octanol–water partition coefficient (Wildman–Crippen LogP) is 6.15. The molecule has 2 N–H and O–H groups in total. The fourth-order valence-electron chi connectivity index (χ4n) is 3.46. The van der Waals surface area contributed by atoms with Crippen molar-refractivity contribution in [3.63, 3.8) is 0 Å². The summed E-state index contributed by atoms with van der Waals surface area (Å²) in [5.74, 6) is -1.09. The Morgan fingerprint density at radius 2 is 1.50 bits per heavy atom. The molecule has 172 valence electrons. The average Bonchev–Trinajstić information content (AvgIpc) is 3.03. The van der Waals surface area contributed by atoms with Gasteiger partial charge >= 0.3 is 0 Å². The minimum Gasteiger partial charge on any atom is -0.350 e. The number of carbonyl (C=O) groups is 3. The molecule has 34 heavy (non-hydrogen) atoms. The van der Waals surface area contributed by atoms with Gasteiger partial charge in [-0.25, -0.2) is 4.90 Å². The number of nitrogens with one attached hydrogen (secondary N) is 2. The summed E-state index contributed by atoms with van der Waals surface area (Å²) >= 11 is 12.2. The van der Waals surface area contributed by atoms with E-state index in [-0.39, 0.29) is 16.6 Å². The molecule has 0 fully saturated rings. The van der Waals surface area contributed by atoms with Crippen molar-refractivity contribution < 1.29 is 14.4 Å². The summed E-state index contributed by atoms with van der Waals surface area (Å²) in [5.41, 5.74) is 3.10. The van der Waals surface area contributed by atoms with Gasteiger partial charge in [0, 0.05) is 22.0 Å². The standard InChI is InChI=1S/C26H21Cl2N3O3/c1-15(2)16-6-10-20(11-7-16)30-24(32)17-8-12-19(13-9-17)29-23-22(28)25(33)31(26(23)34)21-5-3-4-18(27)14-21/h3-15,29H,1-2H3,(H,30,32). The highest BCUT2D eigenvalue weighted by atomic mass is 35.5. The van der Waals surface area contributed by atoms with Crippen LogP contribution in [0.3, 0.4) is 0 Å². The van der Waals surface area contributed by atoms with Crippen LogP contribution in [0.1, 0.15) is 35.7 Å². The number of hydrogen-bond acceptors (Lipinski definition) is 4. The van der Waals surface area contributed by atoms with Gasteiger partial charge in [-0.05, 0) is 66.1 Å². The molecule has 3 aromatic rings.